The molecule has 1 aliphatic heterocycles. The van der Waals surface area contributed by atoms with E-state index in [9.17, 15) is 9.18 Å². The van der Waals surface area contributed by atoms with Gasteiger partial charge in [0, 0.05) is 12.6 Å². The summed E-state index contributed by atoms with van der Waals surface area (Å²) in [5.41, 5.74) is 1.45. The van der Waals surface area contributed by atoms with Gasteiger partial charge in [-0.15, -0.1) is 0 Å². The van der Waals surface area contributed by atoms with Crippen LogP contribution in [0.5, 0.6) is 0 Å². The zero-order chi connectivity index (χ0) is 11.7. The highest BCUT2D eigenvalue weighted by atomic mass is 19.1. The topological polar surface area (TPSA) is 49.3 Å². The average molecular weight is 223 g/mol. The number of carbonyl (C=O) groups is 1. The number of carboxylic acid groups (broad SMARTS) is 1. The largest absolute Gasteiger partial charge is 0.478 e. The number of halogens is 1. The van der Waals surface area contributed by atoms with Crippen molar-refractivity contribution in [3.63, 3.8) is 0 Å². The number of fused-ring (bicyclic) bond motifs is 1. The minimum absolute atomic E-state index is 0.0213. The molecular weight excluding hydrogens is 209 g/mol. The second-order valence-corrected chi connectivity index (χ2v) is 4.09. The first-order valence-corrected chi connectivity index (χ1v) is 5.39. The molecule has 0 bridgehead atoms. The van der Waals surface area contributed by atoms with Gasteiger partial charge in [-0.1, -0.05) is 6.92 Å². The van der Waals surface area contributed by atoms with E-state index >= 15 is 0 Å². The Kier molecular flexibility index (Phi) is 2.92. The molecule has 0 fully saturated rings. The first kappa shape index (κ1) is 11.1. The Bertz CT molecular complexity index is 431. The average Bonchev–Trinajstić information content (AvgIpc) is 2.28. The lowest BCUT2D eigenvalue weighted by molar-refractivity contribution is 0.0696. The summed E-state index contributed by atoms with van der Waals surface area (Å²) in [5, 5.41) is 12.1. The van der Waals surface area contributed by atoms with Crippen molar-refractivity contribution in [3.05, 3.63) is 34.6 Å². The van der Waals surface area contributed by atoms with Gasteiger partial charge >= 0.3 is 5.97 Å². The molecule has 1 aromatic carbocycles. The van der Waals surface area contributed by atoms with Crippen LogP contribution in [0.3, 0.4) is 0 Å². The van der Waals surface area contributed by atoms with Gasteiger partial charge in [0.25, 0.3) is 0 Å². The lowest BCUT2D eigenvalue weighted by atomic mass is 9.92. The van der Waals surface area contributed by atoms with Crippen LogP contribution in [0.4, 0.5) is 4.39 Å². The minimum Gasteiger partial charge on any atom is -0.478 e. The highest BCUT2D eigenvalue weighted by Crippen LogP contribution is 2.23. The summed E-state index contributed by atoms with van der Waals surface area (Å²) in [7, 11) is 0. The summed E-state index contributed by atoms with van der Waals surface area (Å²) in [6.45, 7) is 2.60. The summed E-state index contributed by atoms with van der Waals surface area (Å²) in [6, 6.07) is 2.96. The molecule has 1 aromatic rings. The fraction of sp³-hybridized carbons (Fsp3) is 0.417. The molecule has 1 atom stereocenters. The first-order chi connectivity index (χ1) is 7.61. The Balaban J connectivity index is 2.40. The van der Waals surface area contributed by atoms with Gasteiger partial charge in [0.1, 0.15) is 5.82 Å². The molecule has 0 saturated carbocycles. The van der Waals surface area contributed by atoms with Crippen LogP contribution in [-0.4, -0.2) is 17.1 Å². The van der Waals surface area contributed by atoms with Crippen molar-refractivity contribution in [1.29, 1.82) is 0 Å². The van der Waals surface area contributed by atoms with Crippen LogP contribution >= 0.6 is 0 Å². The van der Waals surface area contributed by atoms with Crippen molar-refractivity contribution >= 4 is 5.97 Å². The molecule has 1 aliphatic rings. The first-order valence-electron chi connectivity index (χ1n) is 5.39. The second-order valence-electron chi connectivity index (χ2n) is 4.09. The molecular formula is C12H14FNO2. The predicted octanol–water partition coefficient (Wildman–Crippen LogP) is 1.95. The fourth-order valence-corrected chi connectivity index (χ4v) is 2.06. The third kappa shape index (κ3) is 1.93. The standard InChI is InChI=1S/C12H14FNO2/c1-2-9-5-10-8(6-14-9)3-7(12(15)16)4-11(10)13/h3-4,9,14H,2,5-6H2,1H3,(H,15,16)/t9-/m0/s1. The van der Waals surface area contributed by atoms with Gasteiger partial charge in [0.15, 0.2) is 0 Å². The van der Waals surface area contributed by atoms with Crippen molar-refractivity contribution in [3.8, 4) is 0 Å². The normalized spacial score (nSPS) is 19.2. The van der Waals surface area contributed by atoms with E-state index in [1.807, 2.05) is 6.92 Å². The van der Waals surface area contributed by atoms with Crippen LogP contribution in [0, 0.1) is 5.82 Å². The monoisotopic (exact) mass is 223 g/mol. The molecule has 1 heterocycles. The number of nitrogens with one attached hydrogen (secondary N) is 1. The number of hydrogen-bond acceptors (Lipinski definition) is 2. The van der Waals surface area contributed by atoms with Crippen molar-refractivity contribution in [2.24, 2.45) is 0 Å². The Morgan fingerprint density at radius 1 is 1.62 bits per heavy atom. The smallest absolute Gasteiger partial charge is 0.335 e. The molecule has 2 rings (SSSR count). The summed E-state index contributed by atoms with van der Waals surface area (Å²) in [6.07, 6.45) is 1.58. The second kappa shape index (κ2) is 4.22. The summed E-state index contributed by atoms with van der Waals surface area (Å²) in [5.74, 6) is -1.48. The zero-order valence-electron chi connectivity index (χ0n) is 9.09. The van der Waals surface area contributed by atoms with Crippen LogP contribution < -0.4 is 5.32 Å². The summed E-state index contributed by atoms with van der Waals surface area (Å²) >= 11 is 0. The van der Waals surface area contributed by atoms with Gasteiger partial charge in [-0.2, -0.15) is 0 Å². The highest BCUT2D eigenvalue weighted by molar-refractivity contribution is 5.88. The summed E-state index contributed by atoms with van der Waals surface area (Å²) < 4.78 is 13.7. The molecule has 0 amide bonds. The predicted molar refractivity (Wildman–Crippen MR) is 58.0 cm³/mol. The molecule has 0 unspecified atom stereocenters. The third-order valence-corrected chi connectivity index (χ3v) is 3.06. The van der Waals surface area contributed by atoms with Crippen LogP contribution in [0.25, 0.3) is 0 Å². The number of carboxylic acids is 1. The number of aromatic carboxylic acids is 1. The third-order valence-electron chi connectivity index (χ3n) is 3.06. The van der Waals surface area contributed by atoms with Crippen molar-refractivity contribution in [2.45, 2.75) is 32.4 Å². The number of benzene rings is 1. The lowest BCUT2D eigenvalue weighted by Crippen LogP contribution is -2.35. The van der Waals surface area contributed by atoms with E-state index in [1.165, 1.54) is 0 Å². The van der Waals surface area contributed by atoms with Gasteiger partial charge in [-0.3, -0.25) is 0 Å². The molecule has 0 saturated heterocycles. The highest BCUT2D eigenvalue weighted by Gasteiger charge is 2.21. The molecule has 16 heavy (non-hydrogen) atoms. The SMILES string of the molecule is CC[C@H]1Cc2c(F)cc(C(=O)O)cc2CN1. The number of hydrogen-bond donors (Lipinski definition) is 2. The van der Waals surface area contributed by atoms with Crippen LogP contribution in [0.2, 0.25) is 0 Å². The molecule has 0 aliphatic carbocycles. The van der Waals surface area contributed by atoms with Crippen LogP contribution in [0.15, 0.2) is 12.1 Å². The molecule has 0 aromatic heterocycles. The van der Waals surface area contributed by atoms with E-state index in [4.69, 9.17) is 5.11 Å². The molecule has 0 radical (unpaired) electrons. The van der Waals surface area contributed by atoms with Gasteiger partial charge in [-0.25, -0.2) is 9.18 Å². The van der Waals surface area contributed by atoms with E-state index < -0.39 is 11.8 Å². The minimum atomic E-state index is -1.08. The van der Waals surface area contributed by atoms with E-state index in [0.29, 0.717) is 18.5 Å². The maximum absolute atomic E-state index is 13.7. The molecule has 86 valence electrons. The van der Waals surface area contributed by atoms with Crippen LogP contribution in [0.1, 0.15) is 34.8 Å². The maximum atomic E-state index is 13.7. The van der Waals surface area contributed by atoms with Crippen molar-refractivity contribution < 1.29 is 14.3 Å². The van der Waals surface area contributed by atoms with E-state index in [-0.39, 0.29) is 11.6 Å². The van der Waals surface area contributed by atoms with E-state index in [0.717, 1.165) is 18.1 Å². The molecule has 3 nitrogen and oxygen atoms in total. The molecule has 0 spiro atoms. The summed E-state index contributed by atoms with van der Waals surface area (Å²) in [4.78, 5) is 10.8. The van der Waals surface area contributed by atoms with Gasteiger partial charge in [0.05, 0.1) is 5.56 Å². The quantitative estimate of drug-likeness (QED) is 0.805. The van der Waals surface area contributed by atoms with Gasteiger partial charge in [0.2, 0.25) is 0 Å². The van der Waals surface area contributed by atoms with Crippen molar-refractivity contribution in [1.82, 2.24) is 5.32 Å². The zero-order valence-corrected chi connectivity index (χ0v) is 9.09. The molecule has 4 heteroatoms. The maximum Gasteiger partial charge on any atom is 0.335 e. The fourth-order valence-electron chi connectivity index (χ4n) is 2.06. The Morgan fingerprint density at radius 2 is 2.38 bits per heavy atom. The van der Waals surface area contributed by atoms with Gasteiger partial charge < -0.3 is 10.4 Å². The Labute approximate surface area is 93.3 Å². The number of rotatable bonds is 2. The lowest BCUT2D eigenvalue weighted by Gasteiger charge is -2.25. The Morgan fingerprint density at radius 3 is 3.00 bits per heavy atom. The van der Waals surface area contributed by atoms with Crippen molar-refractivity contribution in [2.75, 3.05) is 0 Å². The van der Waals surface area contributed by atoms with Crippen LogP contribution in [-0.2, 0) is 13.0 Å². The van der Waals surface area contributed by atoms with Gasteiger partial charge in [-0.05, 0) is 36.1 Å². The Hall–Kier alpha value is -1.42. The van der Waals surface area contributed by atoms with E-state index in [1.54, 1.807) is 6.07 Å². The molecule has 2 N–H and O–H groups in total. The van der Waals surface area contributed by atoms with E-state index in [2.05, 4.69) is 5.32 Å².